The minimum atomic E-state index is 0.729. The smallest absolute Gasteiger partial charge is 0.0766 e. The van der Waals surface area contributed by atoms with E-state index in [1.807, 2.05) is 65.5 Å². The minimum absolute atomic E-state index is 0.729. The maximum Gasteiger partial charge on any atom is 0.0766 e. The highest BCUT2D eigenvalue weighted by molar-refractivity contribution is 6.30. The molecule has 0 aliphatic rings. The number of hydrogen-bond acceptors (Lipinski definition) is 2. The van der Waals surface area contributed by atoms with Gasteiger partial charge in [0.2, 0.25) is 0 Å². The van der Waals surface area contributed by atoms with Gasteiger partial charge in [-0.05, 0) is 35.9 Å². The van der Waals surface area contributed by atoms with Crippen molar-refractivity contribution in [1.29, 1.82) is 0 Å². The van der Waals surface area contributed by atoms with Crippen LogP contribution in [0, 0.1) is 0 Å². The van der Waals surface area contributed by atoms with E-state index < -0.39 is 0 Å². The Kier molecular flexibility index (Phi) is 4.34. The van der Waals surface area contributed by atoms with Gasteiger partial charge in [0.25, 0.3) is 0 Å². The van der Waals surface area contributed by atoms with Gasteiger partial charge < -0.3 is 5.32 Å². The van der Waals surface area contributed by atoms with Gasteiger partial charge in [0.15, 0.2) is 0 Å². The van der Waals surface area contributed by atoms with Gasteiger partial charge in [0.05, 0.1) is 11.4 Å². The minimum Gasteiger partial charge on any atom is -0.307 e. The van der Waals surface area contributed by atoms with E-state index in [-0.39, 0.29) is 0 Å². The molecule has 1 N–H and O–H groups in total. The highest BCUT2D eigenvalue weighted by Gasteiger charge is 2.01. The molecule has 106 valence electrons. The third-order valence-electron chi connectivity index (χ3n) is 3.19. The molecule has 0 saturated heterocycles. The number of rotatable bonds is 5. The largest absolute Gasteiger partial charge is 0.307 e. The van der Waals surface area contributed by atoms with Crippen LogP contribution in [0.5, 0.6) is 0 Å². The van der Waals surface area contributed by atoms with Gasteiger partial charge in [-0.1, -0.05) is 41.9 Å². The van der Waals surface area contributed by atoms with Crippen LogP contribution in [0.15, 0.2) is 66.9 Å². The summed E-state index contributed by atoms with van der Waals surface area (Å²) in [5.74, 6) is 0. The third-order valence-corrected chi connectivity index (χ3v) is 3.42. The Morgan fingerprint density at radius 2 is 1.81 bits per heavy atom. The standard InChI is InChI=1S/C17H16ClN3/c18-15-6-4-5-14(11-15)12-19-13-16-9-10-21(20-16)17-7-2-1-3-8-17/h1-11,19H,12-13H2. The molecule has 3 nitrogen and oxygen atoms in total. The van der Waals surface area contributed by atoms with Crippen molar-refractivity contribution in [2.45, 2.75) is 13.1 Å². The van der Waals surface area contributed by atoms with E-state index in [4.69, 9.17) is 11.6 Å². The Labute approximate surface area is 129 Å². The summed E-state index contributed by atoms with van der Waals surface area (Å²) in [6.45, 7) is 1.51. The molecule has 4 heteroatoms. The Morgan fingerprint density at radius 3 is 2.62 bits per heavy atom. The van der Waals surface area contributed by atoms with E-state index in [2.05, 4.69) is 16.5 Å². The average molecular weight is 298 g/mol. The predicted octanol–water partition coefficient (Wildman–Crippen LogP) is 3.82. The number of aromatic nitrogens is 2. The van der Waals surface area contributed by atoms with Crippen molar-refractivity contribution in [1.82, 2.24) is 15.1 Å². The molecule has 1 heterocycles. The summed E-state index contributed by atoms with van der Waals surface area (Å²) in [5.41, 5.74) is 3.25. The van der Waals surface area contributed by atoms with Gasteiger partial charge in [-0.25, -0.2) is 4.68 Å². The van der Waals surface area contributed by atoms with E-state index in [9.17, 15) is 0 Å². The summed E-state index contributed by atoms with van der Waals surface area (Å²) in [4.78, 5) is 0. The maximum absolute atomic E-state index is 5.97. The summed E-state index contributed by atoms with van der Waals surface area (Å²) < 4.78 is 1.89. The molecule has 0 amide bonds. The normalized spacial score (nSPS) is 10.7. The van der Waals surface area contributed by atoms with Crippen LogP contribution < -0.4 is 5.32 Å². The van der Waals surface area contributed by atoms with Crippen LogP contribution in [0.4, 0.5) is 0 Å². The number of halogens is 1. The monoisotopic (exact) mass is 297 g/mol. The van der Waals surface area contributed by atoms with E-state index in [1.165, 1.54) is 5.56 Å². The fourth-order valence-corrected chi connectivity index (χ4v) is 2.38. The lowest BCUT2D eigenvalue weighted by Gasteiger charge is -2.04. The zero-order chi connectivity index (χ0) is 14.5. The lowest BCUT2D eigenvalue weighted by Crippen LogP contribution is -2.13. The molecule has 0 fully saturated rings. The van der Waals surface area contributed by atoms with Gasteiger partial charge >= 0.3 is 0 Å². The Bertz CT molecular complexity index is 707. The Morgan fingerprint density at radius 1 is 0.952 bits per heavy atom. The zero-order valence-corrected chi connectivity index (χ0v) is 12.3. The number of benzene rings is 2. The molecular formula is C17H16ClN3. The quantitative estimate of drug-likeness (QED) is 0.776. The van der Waals surface area contributed by atoms with Crippen LogP contribution >= 0.6 is 11.6 Å². The van der Waals surface area contributed by atoms with Crippen LogP contribution in [-0.4, -0.2) is 9.78 Å². The van der Waals surface area contributed by atoms with Crippen molar-refractivity contribution in [2.24, 2.45) is 0 Å². The van der Waals surface area contributed by atoms with E-state index >= 15 is 0 Å². The van der Waals surface area contributed by atoms with E-state index in [1.54, 1.807) is 0 Å². The molecule has 2 aromatic carbocycles. The summed E-state index contributed by atoms with van der Waals surface area (Å²) in [5, 5.41) is 8.70. The van der Waals surface area contributed by atoms with Gasteiger partial charge in [-0.2, -0.15) is 5.10 Å². The van der Waals surface area contributed by atoms with Crippen molar-refractivity contribution in [2.75, 3.05) is 0 Å². The molecule has 0 aliphatic heterocycles. The summed E-state index contributed by atoms with van der Waals surface area (Å²) >= 11 is 5.97. The number of hydrogen-bond donors (Lipinski definition) is 1. The highest BCUT2D eigenvalue weighted by atomic mass is 35.5. The van der Waals surface area contributed by atoms with E-state index in [0.29, 0.717) is 0 Å². The van der Waals surface area contributed by atoms with Gasteiger partial charge in [-0.15, -0.1) is 0 Å². The number of nitrogens with zero attached hydrogens (tertiary/aromatic N) is 2. The predicted molar refractivity (Wildman–Crippen MR) is 85.6 cm³/mol. The van der Waals surface area contributed by atoms with Crippen LogP contribution in [-0.2, 0) is 13.1 Å². The van der Waals surface area contributed by atoms with Crippen LogP contribution in [0.2, 0.25) is 5.02 Å². The van der Waals surface area contributed by atoms with E-state index in [0.717, 1.165) is 29.5 Å². The second-order valence-corrected chi connectivity index (χ2v) is 5.26. The first-order chi connectivity index (χ1) is 10.3. The maximum atomic E-state index is 5.97. The molecule has 0 aliphatic carbocycles. The fourth-order valence-electron chi connectivity index (χ4n) is 2.16. The second-order valence-electron chi connectivity index (χ2n) is 4.82. The lowest BCUT2D eigenvalue weighted by atomic mass is 10.2. The molecule has 0 atom stereocenters. The summed E-state index contributed by atoms with van der Waals surface area (Å²) in [7, 11) is 0. The van der Waals surface area contributed by atoms with Crippen LogP contribution in [0.3, 0.4) is 0 Å². The molecule has 21 heavy (non-hydrogen) atoms. The number of nitrogens with one attached hydrogen (secondary N) is 1. The van der Waals surface area contributed by atoms with Crippen molar-refractivity contribution >= 4 is 11.6 Å². The second kappa shape index (κ2) is 6.57. The summed E-state index contributed by atoms with van der Waals surface area (Å²) in [6, 6.07) is 20.0. The van der Waals surface area contributed by atoms with Crippen molar-refractivity contribution in [3.63, 3.8) is 0 Å². The lowest BCUT2D eigenvalue weighted by molar-refractivity contribution is 0.669. The molecule has 3 rings (SSSR count). The van der Waals surface area contributed by atoms with Crippen LogP contribution in [0.25, 0.3) is 5.69 Å². The molecule has 0 radical (unpaired) electrons. The third kappa shape index (κ3) is 3.72. The Balaban J connectivity index is 1.58. The van der Waals surface area contributed by atoms with Gasteiger partial charge in [0, 0.05) is 24.3 Å². The van der Waals surface area contributed by atoms with Gasteiger partial charge in [0.1, 0.15) is 0 Å². The van der Waals surface area contributed by atoms with Gasteiger partial charge in [-0.3, -0.25) is 0 Å². The first kappa shape index (κ1) is 13.9. The number of para-hydroxylation sites is 1. The van der Waals surface area contributed by atoms with Crippen molar-refractivity contribution in [3.8, 4) is 5.69 Å². The summed E-state index contributed by atoms with van der Waals surface area (Å²) in [6.07, 6.45) is 1.98. The highest BCUT2D eigenvalue weighted by Crippen LogP contribution is 2.11. The molecule has 0 unspecified atom stereocenters. The molecule has 3 aromatic rings. The molecule has 0 bridgehead atoms. The van der Waals surface area contributed by atoms with Crippen molar-refractivity contribution in [3.05, 3.63) is 83.1 Å². The Hall–Kier alpha value is -2.10. The molecular weight excluding hydrogens is 282 g/mol. The van der Waals surface area contributed by atoms with Crippen LogP contribution in [0.1, 0.15) is 11.3 Å². The molecule has 0 spiro atoms. The zero-order valence-electron chi connectivity index (χ0n) is 11.5. The first-order valence-electron chi connectivity index (χ1n) is 6.86. The van der Waals surface area contributed by atoms with Crippen molar-refractivity contribution < 1.29 is 0 Å². The first-order valence-corrected chi connectivity index (χ1v) is 7.24. The topological polar surface area (TPSA) is 29.9 Å². The fraction of sp³-hybridized carbons (Fsp3) is 0.118. The molecule has 1 aromatic heterocycles. The SMILES string of the molecule is Clc1cccc(CNCc2ccn(-c3ccccc3)n2)c1. The average Bonchev–Trinajstić information content (AvgIpc) is 2.97. The molecule has 0 saturated carbocycles.